The zero-order valence-corrected chi connectivity index (χ0v) is 15.2. The van der Waals surface area contributed by atoms with Crippen LogP contribution in [-0.2, 0) is 0 Å². The second kappa shape index (κ2) is 7.91. The number of hydrogen-bond donors (Lipinski definition) is 0. The Bertz CT molecular complexity index is 974. The molecule has 5 heteroatoms. The molecule has 0 bridgehead atoms. The summed E-state index contributed by atoms with van der Waals surface area (Å²) in [6.07, 6.45) is 3.81. The minimum Gasteiger partial charge on any atom is -0.494 e. The second-order valence-corrected chi connectivity index (χ2v) is 6.22. The van der Waals surface area contributed by atoms with Crippen molar-refractivity contribution < 1.29 is 9.15 Å². The first-order chi connectivity index (χ1) is 13.4. The van der Waals surface area contributed by atoms with Crippen molar-refractivity contribution in [2.45, 2.75) is 19.8 Å². The Morgan fingerprint density at radius 2 is 1.67 bits per heavy atom. The number of unbranched alkanes of at least 4 members (excludes halogenated alkanes) is 1. The van der Waals surface area contributed by atoms with Crippen molar-refractivity contribution in [3.05, 3.63) is 73.0 Å². The molecule has 0 fully saturated rings. The molecule has 0 saturated carbocycles. The number of para-hydroxylation sites is 1. The molecule has 0 aliphatic rings. The Kier molecular flexibility index (Phi) is 5.01. The lowest BCUT2D eigenvalue weighted by Crippen LogP contribution is -2.00. The average molecular weight is 359 g/mol. The van der Waals surface area contributed by atoms with Gasteiger partial charge >= 0.3 is 0 Å². The van der Waals surface area contributed by atoms with E-state index in [4.69, 9.17) is 9.15 Å². The SMILES string of the molecule is CCCCOc1ccc(-c2nnc(-c3ccco3)n2-c2ccccc2)cc1. The smallest absolute Gasteiger partial charge is 0.204 e. The molecule has 0 unspecified atom stereocenters. The molecule has 0 spiro atoms. The third kappa shape index (κ3) is 3.62. The van der Waals surface area contributed by atoms with Crippen LogP contribution in [0.15, 0.2) is 77.4 Å². The van der Waals surface area contributed by atoms with Gasteiger partial charge in [0.2, 0.25) is 5.82 Å². The average Bonchev–Trinajstić information content (AvgIpc) is 3.39. The molecular formula is C22H21N3O2. The van der Waals surface area contributed by atoms with Crippen LogP contribution in [0.5, 0.6) is 5.75 Å². The molecule has 0 atom stereocenters. The number of aromatic nitrogens is 3. The molecule has 136 valence electrons. The molecule has 4 rings (SSSR count). The molecule has 27 heavy (non-hydrogen) atoms. The Morgan fingerprint density at radius 3 is 2.37 bits per heavy atom. The summed E-state index contributed by atoms with van der Waals surface area (Å²) in [5, 5.41) is 8.82. The van der Waals surface area contributed by atoms with Crippen molar-refractivity contribution in [1.29, 1.82) is 0 Å². The molecular weight excluding hydrogens is 338 g/mol. The summed E-state index contributed by atoms with van der Waals surface area (Å²) >= 11 is 0. The van der Waals surface area contributed by atoms with Crippen molar-refractivity contribution in [2.75, 3.05) is 6.61 Å². The largest absolute Gasteiger partial charge is 0.494 e. The lowest BCUT2D eigenvalue weighted by atomic mass is 10.2. The van der Waals surface area contributed by atoms with E-state index in [1.807, 2.05) is 71.3 Å². The van der Waals surface area contributed by atoms with Crippen LogP contribution >= 0.6 is 0 Å². The maximum absolute atomic E-state index is 5.76. The molecule has 2 aromatic carbocycles. The number of benzene rings is 2. The van der Waals surface area contributed by atoms with Crippen LogP contribution in [0, 0.1) is 0 Å². The van der Waals surface area contributed by atoms with Crippen LogP contribution in [0.2, 0.25) is 0 Å². The molecule has 2 aromatic heterocycles. The minimum absolute atomic E-state index is 0.671. The van der Waals surface area contributed by atoms with Gasteiger partial charge in [-0.05, 0) is 55.0 Å². The van der Waals surface area contributed by atoms with Crippen molar-refractivity contribution in [3.63, 3.8) is 0 Å². The van der Waals surface area contributed by atoms with E-state index >= 15 is 0 Å². The van der Waals surface area contributed by atoms with Gasteiger partial charge in [-0.15, -0.1) is 10.2 Å². The van der Waals surface area contributed by atoms with Crippen LogP contribution in [0.25, 0.3) is 28.7 Å². The summed E-state index contributed by atoms with van der Waals surface area (Å²) in [7, 11) is 0. The third-order valence-corrected chi connectivity index (χ3v) is 4.30. The van der Waals surface area contributed by atoms with Crippen LogP contribution in [0.1, 0.15) is 19.8 Å². The number of hydrogen-bond acceptors (Lipinski definition) is 4. The van der Waals surface area contributed by atoms with Crippen LogP contribution < -0.4 is 4.74 Å². The zero-order valence-electron chi connectivity index (χ0n) is 15.2. The van der Waals surface area contributed by atoms with E-state index in [1.165, 1.54) is 0 Å². The molecule has 4 aromatic rings. The first kappa shape index (κ1) is 17.1. The van der Waals surface area contributed by atoms with Crippen molar-refractivity contribution in [2.24, 2.45) is 0 Å². The van der Waals surface area contributed by atoms with E-state index in [1.54, 1.807) is 6.26 Å². The van der Waals surface area contributed by atoms with Crippen molar-refractivity contribution in [1.82, 2.24) is 14.8 Å². The highest BCUT2D eigenvalue weighted by molar-refractivity contribution is 5.64. The zero-order chi connectivity index (χ0) is 18.5. The van der Waals surface area contributed by atoms with Crippen LogP contribution in [-0.4, -0.2) is 21.4 Å². The highest BCUT2D eigenvalue weighted by Crippen LogP contribution is 2.29. The van der Waals surface area contributed by atoms with Gasteiger partial charge in [-0.2, -0.15) is 0 Å². The monoisotopic (exact) mass is 359 g/mol. The minimum atomic E-state index is 0.671. The van der Waals surface area contributed by atoms with E-state index < -0.39 is 0 Å². The van der Waals surface area contributed by atoms with Crippen molar-refractivity contribution in [3.8, 4) is 34.4 Å². The van der Waals surface area contributed by atoms with E-state index in [9.17, 15) is 0 Å². The highest BCUT2D eigenvalue weighted by atomic mass is 16.5. The molecule has 0 N–H and O–H groups in total. The summed E-state index contributed by atoms with van der Waals surface area (Å²) in [5.41, 5.74) is 1.94. The lowest BCUT2D eigenvalue weighted by molar-refractivity contribution is 0.309. The summed E-state index contributed by atoms with van der Waals surface area (Å²) in [4.78, 5) is 0. The Hall–Kier alpha value is -3.34. The van der Waals surface area contributed by atoms with Gasteiger partial charge in [0.25, 0.3) is 0 Å². The third-order valence-electron chi connectivity index (χ3n) is 4.30. The molecule has 0 aliphatic heterocycles. The molecule has 0 saturated heterocycles. The lowest BCUT2D eigenvalue weighted by Gasteiger charge is -2.10. The molecule has 0 radical (unpaired) electrons. The van der Waals surface area contributed by atoms with Gasteiger partial charge in [-0.3, -0.25) is 4.57 Å². The molecule has 5 nitrogen and oxygen atoms in total. The number of furan rings is 1. The fourth-order valence-electron chi connectivity index (χ4n) is 2.89. The number of rotatable bonds is 7. The molecule has 2 heterocycles. The standard InChI is InChI=1S/C22H21N3O2/c1-2-3-15-26-19-13-11-17(12-14-19)21-23-24-22(20-10-7-16-27-20)25(21)18-8-5-4-6-9-18/h4-14,16H,2-3,15H2,1H3. The predicted molar refractivity (Wildman–Crippen MR) is 105 cm³/mol. The fraction of sp³-hybridized carbons (Fsp3) is 0.182. The Labute approximate surface area is 158 Å². The summed E-state index contributed by atoms with van der Waals surface area (Å²) in [6.45, 7) is 2.89. The quantitative estimate of drug-likeness (QED) is 0.416. The maximum Gasteiger partial charge on any atom is 0.204 e. The van der Waals surface area contributed by atoms with Gasteiger partial charge in [0.05, 0.1) is 12.9 Å². The van der Waals surface area contributed by atoms with Gasteiger partial charge in [-0.1, -0.05) is 31.5 Å². The second-order valence-electron chi connectivity index (χ2n) is 6.22. The van der Waals surface area contributed by atoms with Gasteiger partial charge in [-0.25, -0.2) is 0 Å². The maximum atomic E-state index is 5.76. The van der Waals surface area contributed by atoms with E-state index in [0.717, 1.165) is 42.3 Å². The number of nitrogens with zero attached hydrogens (tertiary/aromatic N) is 3. The molecule has 0 aliphatic carbocycles. The van der Waals surface area contributed by atoms with Crippen molar-refractivity contribution >= 4 is 0 Å². The van der Waals surface area contributed by atoms with E-state index in [0.29, 0.717) is 11.6 Å². The summed E-state index contributed by atoms with van der Waals surface area (Å²) < 4.78 is 13.3. The van der Waals surface area contributed by atoms with Gasteiger partial charge in [0, 0.05) is 11.3 Å². The van der Waals surface area contributed by atoms with Crippen LogP contribution in [0.4, 0.5) is 0 Å². The van der Waals surface area contributed by atoms with Gasteiger partial charge in [0.1, 0.15) is 5.75 Å². The number of ether oxygens (including phenoxy) is 1. The van der Waals surface area contributed by atoms with E-state index in [2.05, 4.69) is 17.1 Å². The first-order valence-corrected chi connectivity index (χ1v) is 9.15. The molecule has 0 amide bonds. The summed E-state index contributed by atoms with van der Waals surface area (Å²) in [5.74, 6) is 2.97. The summed E-state index contributed by atoms with van der Waals surface area (Å²) in [6, 6.07) is 21.7. The fourth-order valence-corrected chi connectivity index (χ4v) is 2.89. The predicted octanol–water partition coefficient (Wildman–Crippen LogP) is 5.37. The van der Waals surface area contributed by atoms with Crippen LogP contribution in [0.3, 0.4) is 0 Å². The van der Waals surface area contributed by atoms with E-state index in [-0.39, 0.29) is 0 Å². The topological polar surface area (TPSA) is 53.1 Å². The first-order valence-electron chi connectivity index (χ1n) is 9.15. The van der Waals surface area contributed by atoms with Gasteiger partial charge < -0.3 is 9.15 Å². The highest BCUT2D eigenvalue weighted by Gasteiger charge is 2.18. The normalized spacial score (nSPS) is 10.9. The Balaban J connectivity index is 1.73. The Morgan fingerprint density at radius 1 is 0.889 bits per heavy atom. The van der Waals surface area contributed by atoms with Gasteiger partial charge in [0.15, 0.2) is 11.6 Å².